The molecule has 0 spiro atoms. The molecule has 2 aromatic heterocycles. The fourth-order valence-electron chi connectivity index (χ4n) is 3.22. The van der Waals surface area contributed by atoms with E-state index in [1.807, 2.05) is 0 Å². The summed E-state index contributed by atoms with van der Waals surface area (Å²) in [5.41, 5.74) is 3.40. The van der Waals surface area contributed by atoms with Crippen LogP contribution in [0.5, 0.6) is 0 Å². The molecule has 3 heteroatoms. The van der Waals surface area contributed by atoms with Crippen LogP contribution in [-0.2, 0) is 16.2 Å². The lowest BCUT2D eigenvalue weighted by Gasteiger charge is -2.35. The van der Waals surface area contributed by atoms with Crippen LogP contribution in [0.2, 0.25) is 0 Å². The third-order valence-corrected chi connectivity index (χ3v) is 4.00. The Labute approximate surface area is 133 Å². The van der Waals surface area contributed by atoms with Gasteiger partial charge in [0.1, 0.15) is 6.26 Å². The largest absolute Gasteiger partial charge is 0.446 e. The monoisotopic (exact) mass is 303 g/mol. The van der Waals surface area contributed by atoms with Crippen molar-refractivity contribution in [1.29, 1.82) is 0 Å². The highest BCUT2D eigenvalue weighted by Gasteiger charge is 2.36. The van der Waals surface area contributed by atoms with Crippen molar-refractivity contribution in [2.45, 2.75) is 78.6 Å². The first-order chi connectivity index (χ1) is 9.76. The van der Waals surface area contributed by atoms with Gasteiger partial charge in [0.05, 0.1) is 6.20 Å². The Kier molecular flexibility index (Phi) is 3.63. The minimum atomic E-state index is -0.224. The van der Waals surface area contributed by atoms with Gasteiger partial charge >= 0.3 is 0 Å². The fraction of sp³-hybridized carbons (Fsp3) is 0.632. The minimum absolute atomic E-state index is 0.0363. The van der Waals surface area contributed by atoms with Crippen molar-refractivity contribution in [3.63, 3.8) is 0 Å². The van der Waals surface area contributed by atoms with E-state index in [0.29, 0.717) is 5.71 Å². The Balaban J connectivity index is 3.19. The lowest BCUT2D eigenvalue weighted by atomic mass is 9.69. The predicted octanol–water partition coefficient (Wildman–Crippen LogP) is 4.79. The van der Waals surface area contributed by atoms with E-state index in [0.717, 1.165) is 16.7 Å². The molecule has 2 heterocycles. The van der Waals surface area contributed by atoms with Crippen molar-refractivity contribution in [3.8, 4) is 0 Å². The molecule has 2 aromatic rings. The SMILES string of the molecule is CC(C)(C)c1c(C(C)(C)C)c(=O)n2ccoc2c1C(C)(C)C. The van der Waals surface area contributed by atoms with Gasteiger partial charge in [0.15, 0.2) is 0 Å². The molecule has 0 aliphatic rings. The van der Waals surface area contributed by atoms with Crippen LogP contribution in [0.3, 0.4) is 0 Å². The third-order valence-electron chi connectivity index (χ3n) is 4.00. The molecule has 0 radical (unpaired) electrons. The van der Waals surface area contributed by atoms with Gasteiger partial charge in [-0.1, -0.05) is 62.3 Å². The van der Waals surface area contributed by atoms with Crippen LogP contribution in [0, 0.1) is 0 Å². The van der Waals surface area contributed by atoms with E-state index in [1.54, 1.807) is 16.9 Å². The van der Waals surface area contributed by atoms with Crippen LogP contribution in [0.15, 0.2) is 21.7 Å². The summed E-state index contributed by atoms with van der Waals surface area (Å²) in [5.74, 6) is 0. The van der Waals surface area contributed by atoms with Gasteiger partial charge in [-0.3, -0.25) is 9.20 Å². The lowest BCUT2D eigenvalue weighted by Crippen LogP contribution is -2.36. The van der Waals surface area contributed by atoms with Gasteiger partial charge in [-0.15, -0.1) is 0 Å². The highest BCUT2D eigenvalue weighted by atomic mass is 16.3. The third kappa shape index (κ3) is 2.62. The molecule has 0 aromatic carbocycles. The average molecular weight is 303 g/mol. The fourth-order valence-corrected chi connectivity index (χ4v) is 3.22. The van der Waals surface area contributed by atoms with E-state index in [4.69, 9.17) is 4.42 Å². The highest BCUT2D eigenvalue weighted by Crippen LogP contribution is 2.41. The number of pyridine rings is 1. The summed E-state index contributed by atoms with van der Waals surface area (Å²) < 4.78 is 7.39. The van der Waals surface area contributed by atoms with E-state index < -0.39 is 0 Å². The van der Waals surface area contributed by atoms with Crippen LogP contribution < -0.4 is 5.56 Å². The number of nitrogens with zero attached hydrogens (tertiary/aromatic N) is 1. The first kappa shape index (κ1) is 16.9. The summed E-state index contributed by atoms with van der Waals surface area (Å²) in [7, 11) is 0. The quantitative estimate of drug-likeness (QED) is 0.701. The number of oxazole rings is 1. The van der Waals surface area contributed by atoms with Crippen molar-refractivity contribution in [2.75, 3.05) is 0 Å². The van der Waals surface area contributed by atoms with Gasteiger partial charge in [-0.05, 0) is 21.8 Å². The van der Waals surface area contributed by atoms with Crippen LogP contribution in [0.25, 0.3) is 5.71 Å². The maximum atomic E-state index is 13.1. The van der Waals surface area contributed by atoms with E-state index in [9.17, 15) is 4.79 Å². The summed E-state index contributed by atoms with van der Waals surface area (Å²) in [6.07, 6.45) is 3.33. The first-order valence-electron chi connectivity index (χ1n) is 7.93. The summed E-state index contributed by atoms with van der Waals surface area (Å²) in [4.78, 5) is 13.1. The molecule has 0 aliphatic heterocycles. The van der Waals surface area contributed by atoms with Gasteiger partial charge in [0.2, 0.25) is 5.71 Å². The molecule has 0 aliphatic carbocycles. The van der Waals surface area contributed by atoms with E-state index >= 15 is 0 Å². The number of rotatable bonds is 0. The lowest BCUT2D eigenvalue weighted by molar-refractivity contribution is 0.480. The Morgan fingerprint density at radius 3 is 1.64 bits per heavy atom. The topological polar surface area (TPSA) is 34.6 Å². The molecular formula is C19H29NO2. The smallest absolute Gasteiger partial charge is 0.261 e. The van der Waals surface area contributed by atoms with Crippen LogP contribution in [0.4, 0.5) is 0 Å². The zero-order chi connectivity index (χ0) is 17.1. The number of aromatic nitrogens is 1. The summed E-state index contributed by atoms with van der Waals surface area (Å²) in [6.45, 7) is 19.4. The normalized spacial score (nSPS) is 13.9. The first-order valence-corrected chi connectivity index (χ1v) is 7.93. The molecular weight excluding hydrogens is 274 g/mol. The molecule has 0 atom stereocenters. The molecule has 0 saturated carbocycles. The van der Waals surface area contributed by atoms with Crippen LogP contribution in [-0.4, -0.2) is 4.40 Å². The second kappa shape index (κ2) is 4.74. The average Bonchev–Trinajstić information content (AvgIpc) is 2.72. The zero-order valence-corrected chi connectivity index (χ0v) is 15.4. The summed E-state index contributed by atoms with van der Waals surface area (Å²) in [5, 5.41) is 0. The molecule has 0 amide bonds. The van der Waals surface area contributed by atoms with Gasteiger partial charge in [0.25, 0.3) is 5.56 Å². The van der Waals surface area contributed by atoms with Gasteiger partial charge < -0.3 is 4.42 Å². The molecule has 3 nitrogen and oxygen atoms in total. The zero-order valence-electron chi connectivity index (χ0n) is 15.4. The van der Waals surface area contributed by atoms with Crippen LogP contribution >= 0.6 is 0 Å². The summed E-state index contributed by atoms with van der Waals surface area (Å²) >= 11 is 0. The van der Waals surface area contributed by atoms with Crippen molar-refractivity contribution >= 4 is 5.71 Å². The number of hydrogen-bond acceptors (Lipinski definition) is 2. The standard InChI is InChI=1S/C19H29NO2/c1-17(2,3)12-13(18(4,5)6)15(21)20-10-11-22-16(20)14(12)19(7,8)9/h10-11H,1-9H3. The maximum Gasteiger partial charge on any atom is 0.261 e. The Hall–Kier alpha value is -1.51. The second-order valence-electron chi connectivity index (χ2n) is 9.26. The summed E-state index contributed by atoms with van der Waals surface area (Å²) in [6, 6.07) is 0. The number of hydrogen-bond donors (Lipinski definition) is 0. The molecule has 0 unspecified atom stereocenters. The van der Waals surface area contributed by atoms with Crippen molar-refractivity contribution in [1.82, 2.24) is 4.40 Å². The Morgan fingerprint density at radius 2 is 1.23 bits per heavy atom. The molecule has 0 saturated heterocycles. The Morgan fingerprint density at radius 1 is 0.773 bits per heavy atom. The molecule has 0 bridgehead atoms. The van der Waals surface area contributed by atoms with E-state index in [2.05, 4.69) is 62.3 Å². The maximum absolute atomic E-state index is 13.1. The van der Waals surface area contributed by atoms with Gasteiger partial charge in [0, 0.05) is 11.1 Å². The van der Waals surface area contributed by atoms with Crippen molar-refractivity contribution < 1.29 is 4.42 Å². The predicted molar refractivity (Wildman–Crippen MR) is 92.0 cm³/mol. The minimum Gasteiger partial charge on any atom is -0.446 e. The van der Waals surface area contributed by atoms with Crippen LogP contribution in [0.1, 0.15) is 79.0 Å². The van der Waals surface area contributed by atoms with E-state index in [-0.39, 0.29) is 21.8 Å². The van der Waals surface area contributed by atoms with Crippen molar-refractivity contribution in [3.05, 3.63) is 39.5 Å². The molecule has 0 N–H and O–H groups in total. The molecule has 22 heavy (non-hydrogen) atoms. The molecule has 0 fully saturated rings. The van der Waals surface area contributed by atoms with Gasteiger partial charge in [-0.2, -0.15) is 0 Å². The second-order valence-corrected chi connectivity index (χ2v) is 9.26. The molecule has 2 rings (SSSR count). The molecule has 122 valence electrons. The Bertz CT molecular complexity index is 756. The van der Waals surface area contributed by atoms with Gasteiger partial charge in [-0.25, -0.2) is 0 Å². The highest BCUT2D eigenvalue weighted by molar-refractivity contribution is 5.59. The van der Waals surface area contributed by atoms with Crippen molar-refractivity contribution in [2.24, 2.45) is 0 Å². The van der Waals surface area contributed by atoms with E-state index in [1.165, 1.54) is 0 Å². The number of fused-ring (bicyclic) bond motifs is 1.